The third-order valence-electron chi connectivity index (χ3n) is 13.3. The number of rotatable bonds is 18. The van der Waals surface area contributed by atoms with Gasteiger partial charge in [0.15, 0.2) is 21.3 Å². The molecule has 0 radical (unpaired) electrons. The minimum atomic E-state index is -5.24. The fourth-order valence-corrected chi connectivity index (χ4v) is 11.2. The van der Waals surface area contributed by atoms with E-state index >= 15 is 8.78 Å². The third-order valence-corrected chi connectivity index (χ3v) is 17.3. The van der Waals surface area contributed by atoms with E-state index in [0.29, 0.717) is 12.3 Å². The molecule has 420 valence electrons. The summed E-state index contributed by atoms with van der Waals surface area (Å²) in [6, 6.07) is 9.57. The van der Waals surface area contributed by atoms with Crippen LogP contribution in [0.25, 0.3) is 22.0 Å². The second-order valence-electron chi connectivity index (χ2n) is 19.4. The van der Waals surface area contributed by atoms with E-state index in [1.165, 1.54) is 38.1 Å². The number of anilines is 1. The standard InChI is InChI=1S/C47H43ClF10N7O10PS2/c1-44(2,77(3,71)72)14-13-27-9-10-29(38(59-27)34(17-23-15-25(49)18-26(50)16-23)60-35(66)20-63-41-36(40(61-63)47(56,57)58)31-19-32(31)46(41,54)55)30-11-12-33(48)37-39(30)64(22-45(51,52)53)62-42(37)65(78(4,73)74)43(67)28-8-6-5-7-24(28)21-75-76(68,69)70/h5-12,15-16,18,31-32,34H,13-14,17,19-22H2,1-4H3,(H,60,66)(H2,68,69,70)/t31-,32+,34-/m0/s1. The second-order valence-corrected chi connectivity index (χ2v) is 25.5. The van der Waals surface area contributed by atoms with Crippen LogP contribution in [0, 0.1) is 17.6 Å². The average molecular weight is 1190 g/mol. The molecule has 3 aromatic carbocycles. The van der Waals surface area contributed by atoms with E-state index in [-0.39, 0.29) is 60.9 Å². The Balaban J connectivity index is 1.35. The molecule has 0 saturated heterocycles. The van der Waals surface area contributed by atoms with Crippen LogP contribution in [0.1, 0.15) is 88.5 Å². The number of fused-ring (bicyclic) bond motifs is 4. The van der Waals surface area contributed by atoms with Crippen LogP contribution in [0.2, 0.25) is 5.02 Å². The topological polar surface area (TPSA) is 233 Å². The van der Waals surface area contributed by atoms with Crippen molar-refractivity contribution in [2.45, 2.75) is 94.2 Å². The number of benzene rings is 3. The lowest BCUT2D eigenvalue weighted by Gasteiger charge is -2.25. The fraction of sp³-hybridized carbons (Fsp3) is 0.383. The van der Waals surface area contributed by atoms with Crippen molar-refractivity contribution in [2.75, 3.05) is 16.8 Å². The number of phosphoric ester groups is 1. The van der Waals surface area contributed by atoms with Crippen LogP contribution in [-0.2, 0) is 78.4 Å². The molecule has 2 aliphatic carbocycles. The van der Waals surface area contributed by atoms with Crippen LogP contribution >= 0.6 is 19.4 Å². The zero-order valence-corrected chi connectivity index (χ0v) is 44.1. The molecule has 3 heterocycles. The van der Waals surface area contributed by atoms with Gasteiger partial charge in [0.25, 0.3) is 11.8 Å². The van der Waals surface area contributed by atoms with Crippen molar-refractivity contribution < 1.29 is 89.2 Å². The van der Waals surface area contributed by atoms with E-state index in [1.807, 2.05) is 0 Å². The summed E-state index contributed by atoms with van der Waals surface area (Å²) in [6.45, 7) is -1.56. The van der Waals surface area contributed by atoms with E-state index in [4.69, 9.17) is 16.6 Å². The normalized spacial score (nSPS) is 17.0. The Morgan fingerprint density at radius 1 is 0.936 bits per heavy atom. The molecule has 6 aromatic rings. The summed E-state index contributed by atoms with van der Waals surface area (Å²) in [6.07, 6.45) is -10.3. The van der Waals surface area contributed by atoms with E-state index in [0.717, 1.165) is 42.7 Å². The molecule has 0 bridgehead atoms. The lowest BCUT2D eigenvalue weighted by atomic mass is 9.93. The van der Waals surface area contributed by atoms with E-state index in [9.17, 15) is 75.9 Å². The van der Waals surface area contributed by atoms with E-state index < -0.39 is 168 Å². The van der Waals surface area contributed by atoms with Gasteiger partial charge >= 0.3 is 20.2 Å². The van der Waals surface area contributed by atoms with Gasteiger partial charge in [-0.05, 0) is 86.9 Å². The van der Waals surface area contributed by atoms with Gasteiger partial charge in [-0.25, -0.2) is 30.2 Å². The van der Waals surface area contributed by atoms with Crippen molar-refractivity contribution in [2.24, 2.45) is 5.92 Å². The third kappa shape index (κ3) is 12.0. The molecule has 17 nitrogen and oxygen atoms in total. The number of pyridine rings is 1. The van der Waals surface area contributed by atoms with Crippen molar-refractivity contribution in [3.8, 4) is 11.1 Å². The number of sulfone groups is 1. The number of amides is 2. The number of sulfonamides is 1. The lowest BCUT2D eigenvalue weighted by molar-refractivity contribution is -0.143. The predicted octanol–water partition coefficient (Wildman–Crippen LogP) is 9.09. The molecule has 31 heteroatoms. The Bertz CT molecular complexity index is 3680. The first kappa shape index (κ1) is 58.2. The SMILES string of the molecule is CC(C)(CCc1ccc(-c2ccc(Cl)c3c(N(C(=O)c4ccccc4COP(=O)(O)O)S(C)(=O)=O)nn(CC(F)(F)F)c23)c([C@H](Cc2cc(F)cc(F)c2)NC(=O)Cn2nc(C(F)(F)F)c3c2C(F)(F)[C@@H]2C[C@H]32)n1)S(C)(=O)=O. The van der Waals surface area contributed by atoms with Crippen LogP contribution < -0.4 is 9.62 Å². The maximum atomic E-state index is 15.7. The maximum Gasteiger partial charge on any atom is 0.469 e. The zero-order valence-electron chi connectivity index (χ0n) is 40.8. The fourth-order valence-electron chi connectivity index (χ4n) is 9.34. The number of alkyl halides is 8. The minimum Gasteiger partial charge on any atom is -0.346 e. The number of carbonyl (C=O) groups excluding carboxylic acids is 2. The van der Waals surface area contributed by atoms with Crippen LogP contribution in [0.5, 0.6) is 0 Å². The minimum absolute atomic E-state index is 0.0127. The van der Waals surface area contributed by atoms with Gasteiger partial charge in [0.05, 0.1) is 45.3 Å². The largest absolute Gasteiger partial charge is 0.469 e. The number of nitrogens with zero attached hydrogens (tertiary/aromatic N) is 6. The Morgan fingerprint density at radius 2 is 1.58 bits per heavy atom. The van der Waals surface area contributed by atoms with Crippen LogP contribution in [0.15, 0.2) is 66.7 Å². The molecule has 3 aromatic heterocycles. The number of hydrogen-bond donors (Lipinski definition) is 3. The highest BCUT2D eigenvalue weighted by molar-refractivity contribution is 7.93. The molecule has 1 saturated carbocycles. The quantitative estimate of drug-likeness (QED) is 0.0539. The van der Waals surface area contributed by atoms with Crippen molar-refractivity contribution in [1.29, 1.82) is 0 Å². The molecular weight excluding hydrogens is 1140 g/mol. The predicted molar refractivity (Wildman–Crippen MR) is 259 cm³/mol. The Hall–Kier alpha value is -5.97. The number of aromatic nitrogens is 5. The molecule has 0 unspecified atom stereocenters. The van der Waals surface area contributed by atoms with Crippen LogP contribution in [-0.4, -0.2) is 86.4 Å². The molecular formula is C47H43ClF10N7O10PS2. The molecule has 78 heavy (non-hydrogen) atoms. The van der Waals surface area contributed by atoms with Crippen molar-refractivity contribution >= 4 is 67.8 Å². The second kappa shape index (κ2) is 20.3. The first-order chi connectivity index (χ1) is 35.9. The zero-order chi connectivity index (χ0) is 57.6. The van der Waals surface area contributed by atoms with Crippen LogP contribution in [0.4, 0.5) is 49.7 Å². The highest BCUT2D eigenvalue weighted by Gasteiger charge is 2.68. The van der Waals surface area contributed by atoms with Gasteiger partial charge in [-0.3, -0.25) is 28.5 Å². The molecule has 3 N–H and O–H groups in total. The summed E-state index contributed by atoms with van der Waals surface area (Å²) in [7, 11) is -14.0. The van der Waals surface area contributed by atoms with Crippen molar-refractivity contribution in [3.63, 3.8) is 0 Å². The van der Waals surface area contributed by atoms with Gasteiger partial charge in [-0.2, -0.15) is 49.6 Å². The number of aryl methyl sites for hydroxylation is 1. The smallest absolute Gasteiger partial charge is 0.346 e. The molecule has 2 amide bonds. The number of hydrogen-bond acceptors (Lipinski definition) is 11. The molecule has 3 atom stereocenters. The first-order valence-corrected chi connectivity index (χ1v) is 28.6. The monoisotopic (exact) mass is 1190 g/mol. The van der Waals surface area contributed by atoms with Crippen molar-refractivity contribution in [3.05, 3.63) is 128 Å². The first-order valence-electron chi connectivity index (χ1n) is 22.9. The van der Waals surface area contributed by atoms with Gasteiger partial charge in [0.1, 0.15) is 30.4 Å². The molecule has 1 fully saturated rings. The summed E-state index contributed by atoms with van der Waals surface area (Å²) in [5, 5.41) is 8.62. The van der Waals surface area contributed by atoms with Crippen molar-refractivity contribution in [1.82, 2.24) is 29.9 Å². The lowest BCUT2D eigenvalue weighted by Crippen LogP contribution is -2.37. The van der Waals surface area contributed by atoms with Gasteiger partial charge in [0, 0.05) is 46.2 Å². The van der Waals surface area contributed by atoms with Gasteiger partial charge < -0.3 is 15.1 Å². The summed E-state index contributed by atoms with van der Waals surface area (Å²) in [5.41, 5.74) is -6.53. The summed E-state index contributed by atoms with van der Waals surface area (Å²) >= 11 is 6.72. The molecule has 0 spiro atoms. The molecule has 8 rings (SSSR count). The van der Waals surface area contributed by atoms with E-state index in [1.54, 1.807) is 0 Å². The highest BCUT2D eigenvalue weighted by atomic mass is 35.5. The Kier molecular flexibility index (Phi) is 15.1. The highest BCUT2D eigenvalue weighted by Crippen LogP contribution is 2.68. The number of nitrogens with one attached hydrogen (secondary N) is 1. The molecule has 0 aliphatic heterocycles. The maximum absolute atomic E-state index is 15.7. The Labute approximate surface area is 441 Å². The van der Waals surface area contributed by atoms with Gasteiger partial charge in [-0.15, -0.1) is 0 Å². The number of phosphoric acid groups is 1. The molecule has 2 aliphatic rings. The number of halogens is 11. The van der Waals surface area contributed by atoms with Gasteiger partial charge in [0.2, 0.25) is 15.9 Å². The van der Waals surface area contributed by atoms with E-state index in [2.05, 4.69) is 20.0 Å². The van der Waals surface area contributed by atoms with Gasteiger partial charge in [-0.1, -0.05) is 41.9 Å². The summed E-state index contributed by atoms with van der Waals surface area (Å²) in [4.78, 5) is 52.2. The van der Waals surface area contributed by atoms with Crippen LogP contribution in [0.3, 0.4) is 0 Å². The summed E-state index contributed by atoms with van der Waals surface area (Å²) in [5.74, 6) is -12.8. The average Bonchev–Trinajstić information content (AvgIpc) is 4.02. The Morgan fingerprint density at radius 3 is 2.18 bits per heavy atom. The number of carbonyl (C=O) groups is 2. The summed E-state index contributed by atoms with van der Waals surface area (Å²) < 4.78 is 216.